The van der Waals surface area contributed by atoms with Gasteiger partial charge in [0.15, 0.2) is 5.96 Å². The first kappa shape index (κ1) is 19.7. The molecule has 24 heavy (non-hydrogen) atoms. The summed E-state index contributed by atoms with van der Waals surface area (Å²) >= 11 is 3.68. The van der Waals surface area contributed by atoms with E-state index in [0.717, 1.165) is 32.4 Å². The SMILES string of the molecule is I.NC(=NCCCc1nc2c(s1)CCCC2)NCCc1cccs1. The van der Waals surface area contributed by atoms with Gasteiger partial charge in [-0.1, -0.05) is 6.07 Å². The van der Waals surface area contributed by atoms with Gasteiger partial charge in [0.05, 0.1) is 10.7 Å². The number of hydrogen-bond donors (Lipinski definition) is 2. The summed E-state index contributed by atoms with van der Waals surface area (Å²) in [5.41, 5.74) is 7.26. The van der Waals surface area contributed by atoms with Crippen LogP contribution in [0, 0.1) is 0 Å². The Kier molecular flexibility index (Phi) is 8.48. The number of guanidine groups is 1. The van der Waals surface area contributed by atoms with E-state index in [2.05, 4.69) is 27.8 Å². The number of aryl methyl sites for hydroxylation is 3. The molecule has 132 valence electrons. The van der Waals surface area contributed by atoms with Gasteiger partial charge in [0.2, 0.25) is 0 Å². The van der Waals surface area contributed by atoms with Crippen LogP contribution in [0.5, 0.6) is 0 Å². The van der Waals surface area contributed by atoms with E-state index in [1.807, 2.05) is 11.3 Å². The van der Waals surface area contributed by atoms with Crippen LogP contribution in [0.1, 0.15) is 39.7 Å². The molecule has 0 atom stereocenters. The van der Waals surface area contributed by atoms with Gasteiger partial charge in [0, 0.05) is 29.3 Å². The Labute approximate surface area is 169 Å². The number of halogens is 1. The lowest BCUT2D eigenvalue weighted by Gasteiger charge is -2.06. The molecule has 0 bridgehead atoms. The van der Waals surface area contributed by atoms with Crippen molar-refractivity contribution in [3.63, 3.8) is 0 Å². The maximum absolute atomic E-state index is 5.90. The van der Waals surface area contributed by atoms with Gasteiger partial charge in [-0.2, -0.15) is 0 Å². The van der Waals surface area contributed by atoms with Gasteiger partial charge in [-0.05, 0) is 50.0 Å². The average molecular weight is 476 g/mol. The van der Waals surface area contributed by atoms with E-state index < -0.39 is 0 Å². The smallest absolute Gasteiger partial charge is 0.188 e. The van der Waals surface area contributed by atoms with Crippen LogP contribution in [-0.2, 0) is 25.7 Å². The van der Waals surface area contributed by atoms with Crippen molar-refractivity contribution in [2.45, 2.75) is 44.9 Å². The first-order chi connectivity index (χ1) is 11.3. The Bertz CT molecular complexity index is 614. The Morgan fingerprint density at radius 3 is 2.96 bits per heavy atom. The standard InChI is InChI=1S/C17H24N4S2.HI/c18-17(20-11-9-13-5-4-12-22-13)19-10-3-8-16-21-14-6-1-2-7-15(14)23-16;/h4-5,12H,1-3,6-11H2,(H3,18,19,20);1H. The molecular formula is C17H25IN4S2. The summed E-state index contributed by atoms with van der Waals surface area (Å²) in [4.78, 5) is 12.1. The highest BCUT2D eigenvalue weighted by molar-refractivity contribution is 14.0. The third-order valence-corrected chi connectivity index (χ3v) is 6.13. The van der Waals surface area contributed by atoms with Crippen molar-refractivity contribution in [1.82, 2.24) is 10.3 Å². The Morgan fingerprint density at radius 2 is 2.17 bits per heavy atom. The van der Waals surface area contributed by atoms with Gasteiger partial charge in [0.1, 0.15) is 0 Å². The summed E-state index contributed by atoms with van der Waals surface area (Å²) in [6.07, 6.45) is 8.06. The zero-order valence-electron chi connectivity index (χ0n) is 13.8. The van der Waals surface area contributed by atoms with Gasteiger partial charge in [-0.15, -0.1) is 46.7 Å². The van der Waals surface area contributed by atoms with E-state index in [4.69, 9.17) is 10.7 Å². The number of nitrogens with one attached hydrogen (secondary N) is 1. The lowest BCUT2D eigenvalue weighted by Crippen LogP contribution is -2.33. The summed E-state index contributed by atoms with van der Waals surface area (Å²) in [7, 11) is 0. The summed E-state index contributed by atoms with van der Waals surface area (Å²) < 4.78 is 0. The highest BCUT2D eigenvalue weighted by atomic mass is 127. The summed E-state index contributed by atoms with van der Waals surface area (Å²) in [5.74, 6) is 0.556. The largest absolute Gasteiger partial charge is 0.370 e. The van der Waals surface area contributed by atoms with Crippen molar-refractivity contribution in [1.29, 1.82) is 0 Å². The maximum atomic E-state index is 5.90. The minimum absolute atomic E-state index is 0. The van der Waals surface area contributed by atoms with Crippen LogP contribution in [0.3, 0.4) is 0 Å². The summed E-state index contributed by atoms with van der Waals surface area (Å²) in [6.45, 7) is 1.61. The number of nitrogens with zero attached hydrogens (tertiary/aromatic N) is 2. The van der Waals surface area contributed by atoms with Crippen molar-refractivity contribution in [2.75, 3.05) is 13.1 Å². The number of thiophene rings is 1. The fraction of sp³-hybridized carbons (Fsp3) is 0.529. The number of rotatable bonds is 7. The van der Waals surface area contributed by atoms with E-state index in [9.17, 15) is 0 Å². The fourth-order valence-electron chi connectivity index (χ4n) is 2.77. The molecule has 1 aliphatic carbocycles. The van der Waals surface area contributed by atoms with Crippen LogP contribution in [-0.4, -0.2) is 24.0 Å². The second kappa shape index (κ2) is 10.4. The molecule has 0 spiro atoms. The van der Waals surface area contributed by atoms with Gasteiger partial charge < -0.3 is 11.1 Å². The van der Waals surface area contributed by atoms with E-state index >= 15 is 0 Å². The molecule has 1 aliphatic rings. The van der Waals surface area contributed by atoms with Crippen molar-refractivity contribution in [2.24, 2.45) is 10.7 Å². The zero-order chi connectivity index (χ0) is 15.9. The van der Waals surface area contributed by atoms with Gasteiger partial charge >= 0.3 is 0 Å². The van der Waals surface area contributed by atoms with Crippen LogP contribution in [0.15, 0.2) is 22.5 Å². The van der Waals surface area contributed by atoms with Crippen LogP contribution < -0.4 is 11.1 Å². The third-order valence-electron chi connectivity index (χ3n) is 3.98. The predicted octanol–water partition coefficient (Wildman–Crippen LogP) is 3.78. The van der Waals surface area contributed by atoms with Crippen LogP contribution in [0.25, 0.3) is 0 Å². The van der Waals surface area contributed by atoms with Crippen molar-refractivity contribution in [3.05, 3.63) is 38.0 Å². The molecule has 2 aromatic rings. The monoisotopic (exact) mass is 476 g/mol. The van der Waals surface area contributed by atoms with Crippen molar-refractivity contribution < 1.29 is 0 Å². The summed E-state index contributed by atoms with van der Waals surface area (Å²) in [5, 5.41) is 6.56. The molecule has 2 heterocycles. The molecule has 2 aromatic heterocycles. The Hall–Kier alpha value is -0.670. The Balaban J connectivity index is 0.00000208. The molecule has 0 unspecified atom stereocenters. The molecule has 0 aliphatic heterocycles. The van der Waals surface area contributed by atoms with E-state index in [0.29, 0.717) is 5.96 Å². The summed E-state index contributed by atoms with van der Waals surface area (Å²) in [6, 6.07) is 4.22. The first-order valence-corrected chi connectivity index (χ1v) is 10.0. The number of thiazole rings is 1. The van der Waals surface area contributed by atoms with Crippen molar-refractivity contribution in [3.8, 4) is 0 Å². The lowest BCUT2D eigenvalue weighted by molar-refractivity contribution is 0.679. The van der Waals surface area contributed by atoms with Crippen molar-refractivity contribution >= 4 is 52.6 Å². The second-order valence-corrected chi connectivity index (χ2v) is 8.01. The Morgan fingerprint density at radius 1 is 1.29 bits per heavy atom. The number of nitrogens with two attached hydrogens (primary N) is 1. The van der Waals surface area contributed by atoms with Crippen LogP contribution in [0.2, 0.25) is 0 Å². The molecule has 7 heteroatoms. The molecule has 4 nitrogen and oxygen atoms in total. The quantitative estimate of drug-likeness (QED) is 0.277. The van der Waals surface area contributed by atoms with E-state index in [1.165, 1.54) is 46.1 Å². The number of aliphatic imine (C=N–C) groups is 1. The molecule has 0 amide bonds. The normalized spacial score (nSPS) is 14.1. The molecule has 0 aromatic carbocycles. The predicted molar refractivity (Wildman–Crippen MR) is 115 cm³/mol. The number of hydrogen-bond acceptors (Lipinski definition) is 4. The molecule has 3 rings (SSSR count). The third kappa shape index (κ3) is 6.00. The minimum Gasteiger partial charge on any atom is -0.370 e. The maximum Gasteiger partial charge on any atom is 0.188 e. The van der Waals surface area contributed by atoms with E-state index in [1.54, 1.807) is 11.3 Å². The topological polar surface area (TPSA) is 63.3 Å². The molecule has 0 saturated carbocycles. The second-order valence-electron chi connectivity index (χ2n) is 5.81. The number of fused-ring (bicyclic) bond motifs is 1. The fourth-order valence-corrected chi connectivity index (χ4v) is 4.67. The molecular weight excluding hydrogens is 451 g/mol. The average Bonchev–Trinajstić information content (AvgIpc) is 3.20. The first-order valence-electron chi connectivity index (χ1n) is 8.35. The van der Waals surface area contributed by atoms with Crippen LogP contribution in [0.4, 0.5) is 0 Å². The van der Waals surface area contributed by atoms with Gasteiger partial charge in [-0.25, -0.2) is 4.98 Å². The molecule has 0 radical (unpaired) electrons. The molecule has 0 saturated heterocycles. The number of aromatic nitrogens is 1. The lowest BCUT2D eigenvalue weighted by atomic mass is 10.0. The van der Waals surface area contributed by atoms with Gasteiger partial charge in [-0.3, -0.25) is 4.99 Å². The zero-order valence-corrected chi connectivity index (χ0v) is 17.8. The molecule has 0 fully saturated rings. The highest BCUT2D eigenvalue weighted by Gasteiger charge is 2.14. The van der Waals surface area contributed by atoms with Crippen LogP contribution >= 0.6 is 46.7 Å². The van der Waals surface area contributed by atoms with Gasteiger partial charge in [0.25, 0.3) is 0 Å². The van der Waals surface area contributed by atoms with E-state index in [-0.39, 0.29) is 24.0 Å². The minimum atomic E-state index is 0. The molecule has 3 N–H and O–H groups in total. The highest BCUT2D eigenvalue weighted by Crippen LogP contribution is 2.27.